The molecule has 0 heterocycles. The maximum absolute atomic E-state index is 5.27. The predicted molar refractivity (Wildman–Crippen MR) is 44.6 cm³/mol. The molecule has 0 aliphatic heterocycles. The van der Waals surface area contributed by atoms with Gasteiger partial charge in [0, 0.05) is 13.0 Å². The zero-order chi connectivity index (χ0) is 7.11. The van der Waals surface area contributed by atoms with Crippen LogP contribution < -0.4 is 11.1 Å². The molecule has 0 aromatic rings. The lowest BCUT2D eigenvalue weighted by Gasteiger charge is -1.99. The Balaban J connectivity index is 2.83. The first-order valence-corrected chi connectivity index (χ1v) is 3.67. The molecule has 0 saturated carbocycles. The van der Waals surface area contributed by atoms with E-state index in [2.05, 4.69) is 24.5 Å². The first-order valence-electron chi connectivity index (χ1n) is 3.26. The molecule has 3 heteroatoms. The molecule has 0 rings (SSSR count). The van der Waals surface area contributed by atoms with Gasteiger partial charge in [0.05, 0.1) is 4.99 Å². The summed E-state index contributed by atoms with van der Waals surface area (Å²) >= 11 is 4.68. The Morgan fingerprint density at radius 2 is 2.22 bits per heavy atom. The minimum atomic E-state index is 0.596. The molecule has 0 spiro atoms. The van der Waals surface area contributed by atoms with Gasteiger partial charge in [-0.3, -0.25) is 0 Å². The van der Waals surface area contributed by atoms with Crippen molar-refractivity contribution in [3.8, 4) is 0 Å². The summed E-state index contributed by atoms with van der Waals surface area (Å²) in [4.78, 5) is 0.596. The van der Waals surface area contributed by atoms with Crippen LogP contribution >= 0.6 is 12.2 Å². The van der Waals surface area contributed by atoms with E-state index in [1.54, 1.807) is 0 Å². The van der Waals surface area contributed by atoms with E-state index in [1.807, 2.05) is 0 Å². The van der Waals surface area contributed by atoms with E-state index in [9.17, 15) is 0 Å². The quantitative estimate of drug-likeness (QED) is 0.442. The number of hydrogen-bond donors (Lipinski definition) is 2. The fraction of sp³-hybridized carbons (Fsp3) is 0.833. The largest absolute Gasteiger partial charge is 0.393 e. The fourth-order valence-corrected chi connectivity index (χ4v) is 0.615. The van der Waals surface area contributed by atoms with Gasteiger partial charge in [0.15, 0.2) is 0 Å². The number of nitrogens with two attached hydrogens (primary N) is 1. The summed E-state index contributed by atoms with van der Waals surface area (Å²) in [7, 11) is 0. The molecule has 0 bridgehead atoms. The van der Waals surface area contributed by atoms with E-state index < -0.39 is 0 Å². The van der Waals surface area contributed by atoms with Crippen molar-refractivity contribution >= 4 is 17.2 Å². The summed E-state index contributed by atoms with van der Waals surface area (Å²) in [5, 5.41) is 3.20. The highest BCUT2D eigenvalue weighted by Gasteiger charge is 1.86. The summed E-state index contributed by atoms with van der Waals surface area (Å²) in [5.41, 5.74) is 5.27. The molecule has 0 fully saturated rings. The zero-order valence-electron chi connectivity index (χ0n) is 5.81. The van der Waals surface area contributed by atoms with E-state index >= 15 is 0 Å². The standard InChI is InChI=1S/C6H14N2S/c1-2-4-8-5-3-6(7)9/h8H,2-5H2,1H3,(H2,7,9). The molecular formula is C6H14N2S. The van der Waals surface area contributed by atoms with Gasteiger partial charge in [-0.05, 0) is 13.0 Å². The second kappa shape index (κ2) is 5.98. The maximum atomic E-state index is 5.27. The molecule has 0 aromatic carbocycles. The number of thiocarbonyl (C=S) groups is 1. The number of hydrogen-bond acceptors (Lipinski definition) is 2. The van der Waals surface area contributed by atoms with Crippen LogP contribution in [0.5, 0.6) is 0 Å². The molecule has 2 nitrogen and oxygen atoms in total. The Bertz CT molecular complexity index is 83.1. The summed E-state index contributed by atoms with van der Waals surface area (Å²) < 4.78 is 0. The van der Waals surface area contributed by atoms with Gasteiger partial charge in [0.2, 0.25) is 0 Å². The van der Waals surface area contributed by atoms with Gasteiger partial charge in [-0.2, -0.15) is 0 Å². The van der Waals surface area contributed by atoms with Gasteiger partial charge in [0.25, 0.3) is 0 Å². The van der Waals surface area contributed by atoms with E-state index in [0.29, 0.717) is 4.99 Å². The molecule has 0 aliphatic rings. The van der Waals surface area contributed by atoms with Gasteiger partial charge in [-0.15, -0.1) is 0 Å². The highest BCUT2D eigenvalue weighted by atomic mass is 32.1. The predicted octanol–water partition coefficient (Wildman–Crippen LogP) is 0.662. The molecule has 3 N–H and O–H groups in total. The summed E-state index contributed by atoms with van der Waals surface area (Å²) in [6.45, 7) is 4.11. The normalized spacial score (nSPS) is 9.44. The topological polar surface area (TPSA) is 38.0 Å². The summed E-state index contributed by atoms with van der Waals surface area (Å²) in [6, 6.07) is 0. The van der Waals surface area contributed by atoms with Crippen molar-refractivity contribution in [3.05, 3.63) is 0 Å². The Hall–Kier alpha value is -0.150. The average Bonchev–Trinajstić information content (AvgIpc) is 1.80. The van der Waals surface area contributed by atoms with E-state index in [1.165, 1.54) is 0 Å². The van der Waals surface area contributed by atoms with E-state index in [-0.39, 0.29) is 0 Å². The molecule has 54 valence electrons. The Kier molecular flexibility index (Phi) is 5.88. The van der Waals surface area contributed by atoms with E-state index in [4.69, 9.17) is 5.73 Å². The van der Waals surface area contributed by atoms with Gasteiger partial charge in [-0.1, -0.05) is 19.1 Å². The van der Waals surface area contributed by atoms with Crippen LogP contribution in [-0.4, -0.2) is 18.1 Å². The van der Waals surface area contributed by atoms with Crippen LogP contribution in [-0.2, 0) is 0 Å². The first kappa shape index (κ1) is 8.85. The molecule has 0 aliphatic carbocycles. The second-order valence-electron chi connectivity index (χ2n) is 1.97. The molecule has 0 unspecified atom stereocenters. The van der Waals surface area contributed by atoms with Crippen molar-refractivity contribution in [2.24, 2.45) is 5.73 Å². The Labute approximate surface area is 61.8 Å². The van der Waals surface area contributed by atoms with Crippen molar-refractivity contribution in [3.63, 3.8) is 0 Å². The summed E-state index contributed by atoms with van der Waals surface area (Å²) in [5.74, 6) is 0. The first-order chi connectivity index (χ1) is 4.27. The minimum absolute atomic E-state index is 0.596. The zero-order valence-corrected chi connectivity index (χ0v) is 6.63. The molecular weight excluding hydrogens is 132 g/mol. The summed E-state index contributed by atoms with van der Waals surface area (Å²) in [6.07, 6.45) is 1.98. The van der Waals surface area contributed by atoms with Crippen molar-refractivity contribution < 1.29 is 0 Å². The van der Waals surface area contributed by atoms with Crippen LogP contribution in [0.1, 0.15) is 19.8 Å². The van der Waals surface area contributed by atoms with Crippen molar-refractivity contribution in [1.82, 2.24) is 5.32 Å². The fourth-order valence-electron chi connectivity index (χ4n) is 0.513. The van der Waals surface area contributed by atoms with Crippen LogP contribution in [0.3, 0.4) is 0 Å². The monoisotopic (exact) mass is 146 g/mol. The molecule has 9 heavy (non-hydrogen) atoms. The Morgan fingerprint density at radius 1 is 1.56 bits per heavy atom. The lowest BCUT2D eigenvalue weighted by Crippen LogP contribution is -2.21. The molecule has 0 radical (unpaired) electrons. The third-order valence-corrected chi connectivity index (χ3v) is 1.18. The van der Waals surface area contributed by atoms with E-state index in [0.717, 1.165) is 25.9 Å². The van der Waals surface area contributed by atoms with Crippen molar-refractivity contribution in [2.45, 2.75) is 19.8 Å². The highest BCUT2D eigenvalue weighted by molar-refractivity contribution is 7.80. The lowest BCUT2D eigenvalue weighted by molar-refractivity contribution is 0.686. The highest BCUT2D eigenvalue weighted by Crippen LogP contribution is 1.76. The molecule has 0 saturated heterocycles. The van der Waals surface area contributed by atoms with Crippen LogP contribution in [0.2, 0.25) is 0 Å². The average molecular weight is 146 g/mol. The third kappa shape index (κ3) is 7.85. The SMILES string of the molecule is CCCNCCC(N)=S. The second-order valence-corrected chi connectivity index (χ2v) is 2.49. The molecule has 0 atom stereocenters. The number of nitrogens with one attached hydrogen (secondary N) is 1. The minimum Gasteiger partial charge on any atom is -0.393 e. The van der Waals surface area contributed by atoms with Gasteiger partial charge < -0.3 is 11.1 Å². The van der Waals surface area contributed by atoms with Crippen molar-refractivity contribution in [1.29, 1.82) is 0 Å². The van der Waals surface area contributed by atoms with Gasteiger partial charge in [0.1, 0.15) is 0 Å². The molecule has 0 amide bonds. The van der Waals surface area contributed by atoms with Crippen molar-refractivity contribution in [2.75, 3.05) is 13.1 Å². The van der Waals surface area contributed by atoms with Crippen LogP contribution in [0.15, 0.2) is 0 Å². The Morgan fingerprint density at radius 3 is 2.67 bits per heavy atom. The van der Waals surface area contributed by atoms with Crippen LogP contribution in [0.25, 0.3) is 0 Å². The molecule has 0 aromatic heterocycles. The number of rotatable bonds is 5. The van der Waals surface area contributed by atoms with Crippen LogP contribution in [0, 0.1) is 0 Å². The van der Waals surface area contributed by atoms with Gasteiger partial charge in [-0.25, -0.2) is 0 Å². The lowest BCUT2D eigenvalue weighted by atomic mass is 10.4. The van der Waals surface area contributed by atoms with Gasteiger partial charge >= 0.3 is 0 Å². The van der Waals surface area contributed by atoms with Crippen LogP contribution in [0.4, 0.5) is 0 Å². The maximum Gasteiger partial charge on any atom is 0.0740 e. The third-order valence-electron chi connectivity index (χ3n) is 0.975. The smallest absolute Gasteiger partial charge is 0.0740 e.